The average molecular weight is 302 g/mol. The molecule has 1 heterocycles. The van der Waals surface area contributed by atoms with Gasteiger partial charge in [-0.15, -0.1) is 0 Å². The van der Waals surface area contributed by atoms with Gasteiger partial charge in [-0.05, 0) is 25.9 Å². The number of aliphatic carboxylic acids is 1. The van der Waals surface area contributed by atoms with Gasteiger partial charge in [0, 0.05) is 7.11 Å². The maximum absolute atomic E-state index is 12.5. The van der Waals surface area contributed by atoms with Crippen LogP contribution >= 0.6 is 0 Å². The average Bonchev–Trinajstić information content (AvgIpc) is 2.47. The predicted molar refractivity (Wildman–Crippen MR) is 72.6 cm³/mol. The topological polar surface area (TPSA) is 114 Å². The molecule has 0 aromatic carbocycles. The van der Waals surface area contributed by atoms with Crippen molar-refractivity contribution in [2.75, 3.05) is 33.9 Å². The van der Waals surface area contributed by atoms with E-state index >= 15 is 0 Å². The predicted octanol–water partition coefficient (Wildman–Crippen LogP) is -0.865. The molecule has 1 atom stereocenters. The molecule has 1 fully saturated rings. The van der Waals surface area contributed by atoms with Crippen LogP contribution in [0.2, 0.25) is 0 Å². The van der Waals surface area contributed by atoms with E-state index in [-0.39, 0.29) is 6.61 Å². The van der Waals surface area contributed by atoms with Gasteiger partial charge < -0.3 is 25.2 Å². The molecule has 0 saturated carbocycles. The van der Waals surface area contributed by atoms with E-state index in [2.05, 4.69) is 15.4 Å². The normalized spacial score (nSPS) is 18.6. The van der Waals surface area contributed by atoms with Gasteiger partial charge >= 0.3 is 11.9 Å². The van der Waals surface area contributed by atoms with E-state index in [0.29, 0.717) is 25.9 Å². The molecule has 0 aliphatic carbocycles. The maximum atomic E-state index is 12.5. The van der Waals surface area contributed by atoms with Crippen molar-refractivity contribution >= 4 is 17.8 Å². The zero-order chi connectivity index (χ0) is 15.9. The fourth-order valence-corrected chi connectivity index (χ4v) is 2.38. The number of piperidine rings is 1. The number of carboxylic acid groups (broad SMARTS) is 1. The van der Waals surface area contributed by atoms with Crippen LogP contribution in [0.5, 0.6) is 0 Å². The lowest BCUT2D eigenvalue weighted by Crippen LogP contribution is -2.54. The number of amides is 1. The van der Waals surface area contributed by atoms with Crippen LogP contribution in [0, 0.1) is 5.41 Å². The molecule has 21 heavy (non-hydrogen) atoms. The summed E-state index contributed by atoms with van der Waals surface area (Å²) in [5.41, 5.74) is -0.760. The minimum Gasteiger partial charge on any atom is -0.480 e. The molecule has 1 aliphatic heterocycles. The van der Waals surface area contributed by atoms with Crippen molar-refractivity contribution in [2.45, 2.75) is 25.3 Å². The van der Waals surface area contributed by atoms with E-state index in [0.717, 1.165) is 0 Å². The summed E-state index contributed by atoms with van der Waals surface area (Å²) in [6.07, 6.45) is 0.702. The number of ether oxygens (including phenoxy) is 2. The first-order chi connectivity index (χ1) is 9.95. The van der Waals surface area contributed by atoms with Crippen molar-refractivity contribution in [3.05, 3.63) is 0 Å². The van der Waals surface area contributed by atoms with Crippen molar-refractivity contribution in [3.63, 3.8) is 0 Å². The smallest absolute Gasteiger partial charge is 0.326 e. The summed E-state index contributed by atoms with van der Waals surface area (Å²) >= 11 is 0. The van der Waals surface area contributed by atoms with Gasteiger partial charge in [0.05, 0.1) is 25.6 Å². The van der Waals surface area contributed by atoms with Crippen molar-refractivity contribution in [1.82, 2.24) is 10.6 Å². The van der Waals surface area contributed by atoms with Crippen LogP contribution in [0.4, 0.5) is 0 Å². The van der Waals surface area contributed by atoms with Crippen molar-refractivity contribution in [1.29, 1.82) is 0 Å². The van der Waals surface area contributed by atoms with Crippen molar-refractivity contribution in [3.8, 4) is 0 Å². The summed E-state index contributed by atoms with van der Waals surface area (Å²) in [6.45, 7) is 1.53. The minimum absolute atomic E-state index is 0.213. The van der Waals surface area contributed by atoms with Gasteiger partial charge in [0.25, 0.3) is 0 Å². The van der Waals surface area contributed by atoms with Gasteiger partial charge in [-0.1, -0.05) is 0 Å². The molecule has 0 aromatic rings. The lowest BCUT2D eigenvalue weighted by Gasteiger charge is -2.36. The molecular weight excluding hydrogens is 280 g/mol. The maximum Gasteiger partial charge on any atom is 0.326 e. The third-order valence-corrected chi connectivity index (χ3v) is 3.66. The van der Waals surface area contributed by atoms with E-state index in [4.69, 9.17) is 9.84 Å². The first-order valence-electron chi connectivity index (χ1n) is 6.75. The first kappa shape index (κ1) is 17.4. The van der Waals surface area contributed by atoms with E-state index in [1.807, 2.05) is 0 Å². The molecule has 1 saturated heterocycles. The van der Waals surface area contributed by atoms with E-state index < -0.39 is 35.7 Å². The largest absolute Gasteiger partial charge is 0.480 e. The molecule has 1 rings (SSSR count). The Morgan fingerprint density at radius 3 is 2.38 bits per heavy atom. The fraction of sp³-hybridized carbons (Fsp3) is 0.769. The van der Waals surface area contributed by atoms with Crippen LogP contribution in [-0.4, -0.2) is 62.9 Å². The standard InChI is InChI=1S/C13H22N2O6/c1-20-8-13(3-5-14-6-4-13)12(19)15-9(11(17)18)7-10(16)21-2/h9,14H,3-8H2,1-2H3,(H,15,19)(H,17,18)/t9-/m0/s1. The molecule has 1 aliphatic rings. The quantitative estimate of drug-likeness (QED) is 0.524. The molecule has 0 bridgehead atoms. The Morgan fingerprint density at radius 2 is 1.90 bits per heavy atom. The van der Waals surface area contributed by atoms with Crippen LogP contribution in [0.15, 0.2) is 0 Å². The highest BCUT2D eigenvalue weighted by Gasteiger charge is 2.41. The van der Waals surface area contributed by atoms with Gasteiger partial charge in [-0.25, -0.2) is 4.79 Å². The van der Waals surface area contributed by atoms with Gasteiger partial charge in [0.2, 0.25) is 5.91 Å². The molecule has 8 heteroatoms. The summed E-state index contributed by atoms with van der Waals surface area (Å²) < 4.78 is 9.56. The van der Waals surface area contributed by atoms with Crippen LogP contribution in [0.1, 0.15) is 19.3 Å². The van der Waals surface area contributed by atoms with E-state index in [1.165, 1.54) is 14.2 Å². The zero-order valence-electron chi connectivity index (χ0n) is 12.3. The number of carbonyl (C=O) groups excluding carboxylic acids is 2. The number of rotatable bonds is 7. The van der Waals surface area contributed by atoms with Crippen molar-refractivity contribution < 1.29 is 29.0 Å². The van der Waals surface area contributed by atoms with E-state index in [9.17, 15) is 14.4 Å². The summed E-state index contributed by atoms with van der Waals surface area (Å²) in [6, 6.07) is -1.30. The Labute approximate surface area is 123 Å². The Kier molecular flexibility index (Phi) is 6.57. The Balaban J connectivity index is 2.77. The number of hydrogen-bond acceptors (Lipinski definition) is 6. The molecule has 3 N–H and O–H groups in total. The third-order valence-electron chi connectivity index (χ3n) is 3.66. The monoisotopic (exact) mass is 302 g/mol. The zero-order valence-corrected chi connectivity index (χ0v) is 12.3. The lowest BCUT2D eigenvalue weighted by molar-refractivity contribution is -0.150. The number of esters is 1. The molecule has 0 unspecified atom stereocenters. The highest BCUT2D eigenvalue weighted by Crippen LogP contribution is 2.29. The minimum atomic E-state index is -1.30. The second-order valence-electron chi connectivity index (χ2n) is 5.11. The molecular formula is C13H22N2O6. The van der Waals surface area contributed by atoms with Gasteiger partial charge in [-0.3, -0.25) is 9.59 Å². The molecule has 8 nitrogen and oxygen atoms in total. The SMILES string of the molecule is COCC1(C(=O)N[C@@H](CC(=O)OC)C(=O)O)CCNCC1. The molecule has 0 aromatic heterocycles. The van der Waals surface area contributed by atoms with Gasteiger partial charge in [0.15, 0.2) is 0 Å². The van der Waals surface area contributed by atoms with Crippen LogP contribution in [0.3, 0.4) is 0 Å². The first-order valence-corrected chi connectivity index (χ1v) is 6.75. The Hall–Kier alpha value is -1.67. The van der Waals surface area contributed by atoms with Gasteiger partial charge in [0.1, 0.15) is 6.04 Å². The Morgan fingerprint density at radius 1 is 1.29 bits per heavy atom. The van der Waals surface area contributed by atoms with E-state index in [1.54, 1.807) is 0 Å². The van der Waals surface area contributed by atoms with Gasteiger partial charge in [-0.2, -0.15) is 0 Å². The number of methoxy groups -OCH3 is 2. The van der Waals surface area contributed by atoms with Crippen LogP contribution in [-0.2, 0) is 23.9 Å². The molecule has 0 radical (unpaired) electrons. The lowest BCUT2D eigenvalue weighted by atomic mass is 9.78. The number of nitrogens with one attached hydrogen (secondary N) is 2. The fourth-order valence-electron chi connectivity index (χ4n) is 2.38. The number of carboxylic acids is 1. The van der Waals surface area contributed by atoms with Crippen LogP contribution < -0.4 is 10.6 Å². The van der Waals surface area contributed by atoms with Crippen LogP contribution in [0.25, 0.3) is 0 Å². The number of carbonyl (C=O) groups is 3. The van der Waals surface area contributed by atoms with Crippen molar-refractivity contribution in [2.24, 2.45) is 5.41 Å². The summed E-state index contributed by atoms with van der Waals surface area (Å²) in [5.74, 6) is -2.36. The second-order valence-corrected chi connectivity index (χ2v) is 5.11. The second kappa shape index (κ2) is 7.94. The molecule has 120 valence electrons. The summed E-state index contributed by atoms with van der Waals surface area (Å²) in [7, 11) is 2.67. The summed E-state index contributed by atoms with van der Waals surface area (Å²) in [5, 5.41) is 14.7. The highest BCUT2D eigenvalue weighted by atomic mass is 16.5. The third kappa shape index (κ3) is 4.68. The molecule has 1 amide bonds. The Bertz CT molecular complexity index is 387. The molecule has 0 spiro atoms. The highest BCUT2D eigenvalue weighted by molar-refractivity contribution is 5.90. The number of hydrogen-bond donors (Lipinski definition) is 3. The summed E-state index contributed by atoms with van der Waals surface area (Å²) in [4.78, 5) is 34.8.